The van der Waals surface area contributed by atoms with Gasteiger partial charge in [-0.15, -0.1) is 5.10 Å². The third kappa shape index (κ3) is 2.43. The van der Waals surface area contributed by atoms with Gasteiger partial charge < -0.3 is 5.32 Å². The molecule has 0 bridgehead atoms. The van der Waals surface area contributed by atoms with Crippen molar-refractivity contribution < 1.29 is 4.79 Å². The summed E-state index contributed by atoms with van der Waals surface area (Å²) >= 11 is 0. The number of rotatable bonds is 4. The zero-order chi connectivity index (χ0) is 16.0. The summed E-state index contributed by atoms with van der Waals surface area (Å²) in [7, 11) is 0. The molecule has 3 heterocycles. The first-order valence-corrected chi connectivity index (χ1v) is 7.53. The van der Waals surface area contributed by atoms with Gasteiger partial charge in [0.25, 0.3) is 5.91 Å². The number of tetrazole rings is 1. The molecule has 1 unspecified atom stereocenters. The summed E-state index contributed by atoms with van der Waals surface area (Å²) in [6.07, 6.45) is 5.46. The van der Waals surface area contributed by atoms with Crippen LogP contribution in [0.15, 0.2) is 18.5 Å². The van der Waals surface area contributed by atoms with Crippen LogP contribution >= 0.6 is 0 Å². The number of aryl methyl sites for hydroxylation is 1. The summed E-state index contributed by atoms with van der Waals surface area (Å²) in [5.74, 6) is 0.428. The van der Waals surface area contributed by atoms with Crippen molar-refractivity contribution in [2.75, 3.05) is 0 Å². The minimum absolute atomic E-state index is 0.240. The maximum atomic E-state index is 12.6. The molecule has 1 atom stereocenters. The summed E-state index contributed by atoms with van der Waals surface area (Å²) in [4.78, 5) is 16.9. The highest BCUT2D eigenvalue weighted by molar-refractivity contribution is 5.99. The highest BCUT2D eigenvalue weighted by Gasteiger charge is 2.30. The molecule has 0 saturated heterocycles. The van der Waals surface area contributed by atoms with Crippen LogP contribution in [0.4, 0.5) is 0 Å². The molecule has 1 saturated carbocycles. The Labute approximate surface area is 131 Å². The van der Waals surface area contributed by atoms with Gasteiger partial charge in [-0.1, -0.05) is 0 Å². The van der Waals surface area contributed by atoms with Crippen molar-refractivity contribution in [1.29, 1.82) is 0 Å². The van der Waals surface area contributed by atoms with Crippen LogP contribution in [0.5, 0.6) is 0 Å². The quantitative estimate of drug-likeness (QED) is 0.766. The van der Waals surface area contributed by atoms with Crippen LogP contribution in [0.3, 0.4) is 0 Å². The summed E-state index contributed by atoms with van der Waals surface area (Å²) in [6.45, 7) is 3.74. The van der Waals surface area contributed by atoms with E-state index in [2.05, 4.69) is 30.9 Å². The third-order valence-electron chi connectivity index (χ3n) is 3.90. The van der Waals surface area contributed by atoms with Crippen molar-refractivity contribution in [3.05, 3.63) is 35.5 Å². The molecule has 1 N–H and O–H groups in total. The van der Waals surface area contributed by atoms with Crippen LogP contribution in [0, 0.1) is 6.92 Å². The molecule has 9 nitrogen and oxygen atoms in total. The number of hydrogen-bond acceptors (Lipinski definition) is 6. The van der Waals surface area contributed by atoms with Crippen LogP contribution in [-0.2, 0) is 0 Å². The maximum absolute atomic E-state index is 12.6. The largest absolute Gasteiger partial charge is 0.342 e. The van der Waals surface area contributed by atoms with E-state index in [0.29, 0.717) is 23.1 Å². The Morgan fingerprint density at radius 1 is 1.43 bits per heavy atom. The highest BCUT2D eigenvalue weighted by atomic mass is 16.1. The maximum Gasteiger partial charge on any atom is 0.257 e. The van der Waals surface area contributed by atoms with Crippen LogP contribution in [0.25, 0.3) is 5.65 Å². The Bertz CT molecular complexity index is 878. The molecule has 118 valence electrons. The Hall–Kier alpha value is -2.84. The molecule has 0 aromatic carbocycles. The van der Waals surface area contributed by atoms with Crippen LogP contribution in [0.2, 0.25) is 0 Å². The van der Waals surface area contributed by atoms with E-state index in [9.17, 15) is 4.79 Å². The Morgan fingerprint density at radius 2 is 2.26 bits per heavy atom. The summed E-state index contributed by atoms with van der Waals surface area (Å²) in [5.41, 5.74) is 1.81. The lowest BCUT2D eigenvalue weighted by molar-refractivity contribution is 0.0939. The lowest BCUT2D eigenvalue weighted by Crippen LogP contribution is -2.29. The molecule has 1 aliphatic carbocycles. The molecule has 0 spiro atoms. The number of nitrogens with one attached hydrogen (secondary N) is 1. The third-order valence-corrected chi connectivity index (χ3v) is 3.90. The van der Waals surface area contributed by atoms with Gasteiger partial charge in [0.05, 0.1) is 18.3 Å². The SMILES string of the molecule is Cc1ccn2ncc(C(=O)NC(C)c3nnnn3C3CC3)c2n1. The molecule has 0 aliphatic heterocycles. The van der Waals surface area contributed by atoms with Crippen molar-refractivity contribution >= 4 is 11.6 Å². The second-order valence-corrected chi connectivity index (χ2v) is 5.80. The number of hydrogen-bond donors (Lipinski definition) is 1. The number of carbonyl (C=O) groups excluding carboxylic acids is 1. The molecular formula is C14H16N8O. The molecule has 3 aromatic heterocycles. The second kappa shape index (κ2) is 5.11. The molecule has 3 aromatic rings. The Balaban J connectivity index is 1.59. The smallest absolute Gasteiger partial charge is 0.257 e. The van der Waals surface area contributed by atoms with Gasteiger partial charge in [-0.25, -0.2) is 14.2 Å². The first-order valence-electron chi connectivity index (χ1n) is 7.53. The first kappa shape index (κ1) is 13.8. The van der Waals surface area contributed by atoms with Gasteiger partial charge in [0.1, 0.15) is 5.56 Å². The summed E-state index contributed by atoms with van der Waals surface area (Å²) in [6, 6.07) is 1.91. The van der Waals surface area contributed by atoms with Crippen LogP contribution in [0.1, 0.15) is 53.7 Å². The molecule has 4 rings (SSSR count). The minimum atomic E-state index is -0.294. The number of fused-ring (bicyclic) bond motifs is 1. The standard InChI is InChI=1S/C14H16N8O/c1-8-5-6-21-13(16-8)11(7-15-21)14(23)17-9(2)12-18-19-20-22(12)10-3-4-10/h5-7,9-10H,3-4H2,1-2H3,(H,17,23). The average Bonchev–Trinajstić information content (AvgIpc) is 3.10. The van der Waals surface area contributed by atoms with E-state index in [-0.39, 0.29) is 11.9 Å². The lowest BCUT2D eigenvalue weighted by atomic mass is 10.2. The average molecular weight is 312 g/mol. The van der Waals surface area contributed by atoms with E-state index in [1.807, 2.05) is 19.9 Å². The highest BCUT2D eigenvalue weighted by Crippen LogP contribution is 2.35. The number of amides is 1. The molecule has 1 aliphatic rings. The van der Waals surface area contributed by atoms with Crippen molar-refractivity contribution in [2.24, 2.45) is 0 Å². The van der Waals surface area contributed by atoms with E-state index >= 15 is 0 Å². The topological polar surface area (TPSA) is 103 Å². The van der Waals surface area contributed by atoms with Gasteiger partial charge >= 0.3 is 0 Å². The molecule has 1 amide bonds. The predicted molar refractivity (Wildman–Crippen MR) is 79.7 cm³/mol. The zero-order valence-electron chi connectivity index (χ0n) is 12.8. The van der Waals surface area contributed by atoms with E-state index in [1.165, 1.54) is 6.20 Å². The molecule has 9 heteroatoms. The summed E-state index contributed by atoms with van der Waals surface area (Å²) in [5, 5.41) is 18.8. The van der Waals surface area contributed by atoms with Crippen molar-refractivity contribution in [3.63, 3.8) is 0 Å². The fourth-order valence-corrected chi connectivity index (χ4v) is 2.52. The number of aromatic nitrogens is 7. The van der Waals surface area contributed by atoms with Crippen molar-refractivity contribution in [3.8, 4) is 0 Å². The zero-order valence-corrected chi connectivity index (χ0v) is 12.8. The van der Waals surface area contributed by atoms with Gasteiger partial charge in [-0.3, -0.25) is 4.79 Å². The molecular weight excluding hydrogens is 296 g/mol. The molecule has 1 fully saturated rings. The molecule has 0 radical (unpaired) electrons. The van der Waals surface area contributed by atoms with Crippen LogP contribution < -0.4 is 5.32 Å². The van der Waals surface area contributed by atoms with Crippen molar-refractivity contribution in [2.45, 2.75) is 38.8 Å². The van der Waals surface area contributed by atoms with Gasteiger partial charge in [-0.2, -0.15) is 5.10 Å². The van der Waals surface area contributed by atoms with Gasteiger partial charge in [0, 0.05) is 11.9 Å². The van der Waals surface area contributed by atoms with E-state index in [4.69, 9.17) is 0 Å². The summed E-state index contributed by atoms with van der Waals surface area (Å²) < 4.78 is 3.38. The first-order chi connectivity index (χ1) is 11.1. The predicted octanol–water partition coefficient (Wildman–Crippen LogP) is 0.850. The fourth-order valence-electron chi connectivity index (χ4n) is 2.52. The number of carbonyl (C=O) groups is 1. The van der Waals surface area contributed by atoms with Crippen LogP contribution in [-0.4, -0.2) is 40.7 Å². The van der Waals surface area contributed by atoms with E-state index in [0.717, 1.165) is 18.5 Å². The number of nitrogens with zero attached hydrogens (tertiary/aromatic N) is 7. The molecule has 23 heavy (non-hydrogen) atoms. The van der Waals surface area contributed by atoms with Crippen molar-refractivity contribution in [1.82, 2.24) is 40.1 Å². The monoisotopic (exact) mass is 312 g/mol. The van der Waals surface area contributed by atoms with Gasteiger partial charge in [0.2, 0.25) is 0 Å². The Morgan fingerprint density at radius 3 is 3.04 bits per heavy atom. The lowest BCUT2D eigenvalue weighted by Gasteiger charge is -2.12. The van der Waals surface area contributed by atoms with E-state index < -0.39 is 0 Å². The fraction of sp³-hybridized carbons (Fsp3) is 0.429. The van der Waals surface area contributed by atoms with Gasteiger partial charge in [0.15, 0.2) is 11.5 Å². The minimum Gasteiger partial charge on any atom is -0.342 e. The normalized spacial score (nSPS) is 15.7. The van der Waals surface area contributed by atoms with Gasteiger partial charge in [-0.05, 0) is 43.2 Å². The van der Waals surface area contributed by atoms with E-state index in [1.54, 1.807) is 15.4 Å². The second-order valence-electron chi connectivity index (χ2n) is 5.80. The Kier molecular flexibility index (Phi) is 3.07.